The van der Waals surface area contributed by atoms with Gasteiger partial charge in [-0.25, -0.2) is 4.39 Å². The maximum absolute atomic E-state index is 12.9. The Morgan fingerprint density at radius 1 is 1.22 bits per heavy atom. The number of nitrogens with one attached hydrogen (secondary N) is 1. The van der Waals surface area contributed by atoms with Gasteiger partial charge in [-0.2, -0.15) is 5.10 Å². The van der Waals surface area contributed by atoms with E-state index in [1.165, 1.54) is 24.3 Å². The van der Waals surface area contributed by atoms with Crippen LogP contribution in [0.25, 0.3) is 11.5 Å². The number of anilines is 1. The van der Waals surface area contributed by atoms with Gasteiger partial charge in [-0.1, -0.05) is 5.10 Å². The number of rotatable bonds is 4. The Morgan fingerprint density at radius 3 is 2.65 bits per heavy atom. The predicted molar refractivity (Wildman–Crippen MR) is 80.3 cm³/mol. The fourth-order valence-electron chi connectivity index (χ4n) is 2.05. The van der Waals surface area contributed by atoms with Crippen LogP contribution in [0.2, 0.25) is 0 Å². The lowest BCUT2D eigenvalue weighted by atomic mass is 10.2. The lowest BCUT2D eigenvalue weighted by Crippen LogP contribution is -2.19. The molecule has 1 aromatic carbocycles. The fraction of sp³-hybridized carbons (Fsp3) is 0.200. The molecule has 0 radical (unpaired) electrons. The molecule has 1 N–H and O–H groups in total. The number of amides is 1. The van der Waals surface area contributed by atoms with E-state index in [2.05, 4.69) is 20.6 Å². The molecule has 0 aliphatic carbocycles. The average molecular weight is 315 g/mol. The Balaban J connectivity index is 1.77. The molecule has 3 aromatic rings. The first-order chi connectivity index (χ1) is 11.0. The third-order valence-electron chi connectivity index (χ3n) is 3.13. The topological polar surface area (TPSA) is 85.8 Å². The van der Waals surface area contributed by atoms with Gasteiger partial charge in [0.15, 0.2) is 0 Å². The minimum Gasteiger partial charge on any atom is -0.403 e. The van der Waals surface area contributed by atoms with Gasteiger partial charge in [-0.3, -0.25) is 14.8 Å². The number of nitrogens with zero attached hydrogens (tertiary/aromatic N) is 4. The fourth-order valence-corrected chi connectivity index (χ4v) is 2.05. The zero-order valence-electron chi connectivity index (χ0n) is 12.5. The van der Waals surface area contributed by atoms with E-state index in [0.717, 1.165) is 0 Å². The maximum atomic E-state index is 12.9. The number of carbonyl (C=O) groups is 1. The van der Waals surface area contributed by atoms with Crippen LogP contribution in [0, 0.1) is 5.82 Å². The standard InChI is InChI=1S/C15H14FN5O2/c1-9(2)21-12(7-8-17-21)13(22)18-15-20-19-14(23-15)10-3-5-11(16)6-4-10/h3-9H,1-2H3,(H,18,20,22). The Bertz CT molecular complexity index is 823. The van der Waals surface area contributed by atoms with Gasteiger partial charge in [-0.15, -0.1) is 5.10 Å². The first-order valence-corrected chi connectivity index (χ1v) is 6.99. The van der Waals surface area contributed by atoms with Crippen LogP contribution in [-0.4, -0.2) is 25.9 Å². The Kier molecular flexibility index (Phi) is 3.88. The monoisotopic (exact) mass is 315 g/mol. The molecule has 7 nitrogen and oxygen atoms in total. The Morgan fingerprint density at radius 2 is 1.96 bits per heavy atom. The Hall–Kier alpha value is -3.03. The predicted octanol–water partition coefficient (Wildman–Crippen LogP) is 2.91. The van der Waals surface area contributed by atoms with Gasteiger partial charge in [0.2, 0.25) is 5.89 Å². The quantitative estimate of drug-likeness (QED) is 0.800. The summed E-state index contributed by atoms with van der Waals surface area (Å²) in [7, 11) is 0. The summed E-state index contributed by atoms with van der Waals surface area (Å²) in [6, 6.07) is 7.23. The van der Waals surface area contributed by atoms with Gasteiger partial charge in [0.25, 0.3) is 5.91 Å². The second-order valence-corrected chi connectivity index (χ2v) is 5.13. The molecular weight excluding hydrogens is 301 g/mol. The van der Waals surface area contributed by atoms with Gasteiger partial charge in [0.05, 0.1) is 0 Å². The molecule has 0 aliphatic rings. The molecule has 23 heavy (non-hydrogen) atoms. The van der Waals surface area contributed by atoms with Crippen molar-refractivity contribution in [3.8, 4) is 11.5 Å². The summed E-state index contributed by atoms with van der Waals surface area (Å²) in [6.07, 6.45) is 1.55. The molecule has 0 saturated carbocycles. The van der Waals surface area contributed by atoms with Crippen molar-refractivity contribution in [2.24, 2.45) is 0 Å². The van der Waals surface area contributed by atoms with Crippen molar-refractivity contribution in [3.63, 3.8) is 0 Å². The van der Waals surface area contributed by atoms with Crippen molar-refractivity contribution < 1.29 is 13.6 Å². The van der Waals surface area contributed by atoms with Crippen molar-refractivity contribution in [3.05, 3.63) is 48.0 Å². The highest BCUT2D eigenvalue weighted by atomic mass is 19.1. The van der Waals surface area contributed by atoms with Crippen LogP contribution in [0.3, 0.4) is 0 Å². The Labute approximate surface area is 131 Å². The summed E-state index contributed by atoms with van der Waals surface area (Å²) in [6.45, 7) is 3.84. The molecule has 3 rings (SSSR count). The van der Waals surface area contributed by atoms with E-state index < -0.39 is 5.91 Å². The van der Waals surface area contributed by atoms with Crippen LogP contribution in [-0.2, 0) is 0 Å². The molecule has 2 heterocycles. The lowest BCUT2D eigenvalue weighted by Gasteiger charge is -2.09. The first-order valence-electron chi connectivity index (χ1n) is 6.99. The molecule has 0 atom stereocenters. The number of benzene rings is 1. The highest BCUT2D eigenvalue weighted by Gasteiger charge is 2.17. The zero-order valence-corrected chi connectivity index (χ0v) is 12.5. The van der Waals surface area contributed by atoms with Gasteiger partial charge in [-0.05, 0) is 44.2 Å². The molecule has 0 saturated heterocycles. The molecule has 0 unspecified atom stereocenters. The summed E-state index contributed by atoms with van der Waals surface area (Å²) in [5, 5.41) is 14.2. The van der Waals surface area contributed by atoms with Crippen molar-refractivity contribution in [1.82, 2.24) is 20.0 Å². The van der Waals surface area contributed by atoms with E-state index in [0.29, 0.717) is 11.3 Å². The van der Waals surface area contributed by atoms with E-state index in [1.807, 2.05) is 13.8 Å². The summed E-state index contributed by atoms with van der Waals surface area (Å²) >= 11 is 0. The number of hydrogen-bond acceptors (Lipinski definition) is 5. The molecule has 0 fully saturated rings. The van der Waals surface area contributed by atoms with Crippen LogP contribution in [0.15, 0.2) is 40.9 Å². The lowest BCUT2D eigenvalue weighted by molar-refractivity contribution is 0.101. The van der Waals surface area contributed by atoms with Crippen molar-refractivity contribution in [2.75, 3.05) is 5.32 Å². The van der Waals surface area contributed by atoms with E-state index in [1.54, 1.807) is 16.9 Å². The van der Waals surface area contributed by atoms with Crippen molar-refractivity contribution in [2.45, 2.75) is 19.9 Å². The molecule has 0 spiro atoms. The summed E-state index contributed by atoms with van der Waals surface area (Å²) in [5.41, 5.74) is 0.952. The first kappa shape index (κ1) is 14.9. The van der Waals surface area contributed by atoms with Crippen molar-refractivity contribution >= 4 is 11.9 Å². The van der Waals surface area contributed by atoms with Gasteiger partial charge in [0.1, 0.15) is 11.5 Å². The summed E-state index contributed by atoms with van der Waals surface area (Å²) < 4.78 is 19.9. The normalized spacial score (nSPS) is 11.0. The number of hydrogen-bond donors (Lipinski definition) is 1. The molecular formula is C15H14FN5O2. The average Bonchev–Trinajstić information content (AvgIpc) is 3.16. The van der Waals surface area contributed by atoms with Crippen LogP contribution in [0.5, 0.6) is 0 Å². The highest BCUT2D eigenvalue weighted by molar-refractivity contribution is 6.01. The zero-order chi connectivity index (χ0) is 16.4. The van der Waals surface area contributed by atoms with Crippen LogP contribution >= 0.6 is 0 Å². The third-order valence-corrected chi connectivity index (χ3v) is 3.13. The van der Waals surface area contributed by atoms with E-state index in [9.17, 15) is 9.18 Å². The highest BCUT2D eigenvalue weighted by Crippen LogP contribution is 2.20. The molecule has 0 aliphatic heterocycles. The van der Waals surface area contributed by atoms with Crippen LogP contribution < -0.4 is 5.32 Å². The minimum atomic E-state index is -0.398. The SMILES string of the molecule is CC(C)n1nccc1C(=O)Nc1nnc(-c2ccc(F)cc2)o1. The van der Waals surface area contributed by atoms with Crippen LogP contribution in [0.1, 0.15) is 30.4 Å². The second kappa shape index (κ2) is 5.99. The minimum absolute atomic E-state index is 0.0363. The smallest absolute Gasteiger partial charge is 0.322 e. The molecule has 118 valence electrons. The van der Waals surface area contributed by atoms with Gasteiger partial charge >= 0.3 is 6.01 Å². The molecule has 1 amide bonds. The summed E-state index contributed by atoms with van der Waals surface area (Å²) in [5.74, 6) is -0.563. The van der Waals surface area contributed by atoms with Crippen LogP contribution in [0.4, 0.5) is 10.4 Å². The number of carbonyl (C=O) groups excluding carboxylic acids is 1. The van der Waals surface area contributed by atoms with Gasteiger partial charge in [0, 0.05) is 17.8 Å². The second-order valence-electron chi connectivity index (χ2n) is 5.13. The maximum Gasteiger partial charge on any atom is 0.322 e. The molecule has 0 bridgehead atoms. The van der Waals surface area contributed by atoms with E-state index in [-0.39, 0.29) is 23.8 Å². The number of halogens is 1. The molecule has 8 heteroatoms. The van der Waals surface area contributed by atoms with E-state index in [4.69, 9.17) is 4.42 Å². The van der Waals surface area contributed by atoms with E-state index >= 15 is 0 Å². The number of aromatic nitrogens is 4. The van der Waals surface area contributed by atoms with Crippen molar-refractivity contribution in [1.29, 1.82) is 0 Å². The largest absolute Gasteiger partial charge is 0.403 e. The van der Waals surface area contributed by atoms with Gasteiger partial charge < -0.3 is 4.42 Å². The molecule has 2 aromatic heterocycles. The third kappa shape index (κ3) is 3.10. The summed E-state index contributed by atoms with van der Waals surface area (Å²) in [4.78, 5) is 12.2.